The lowest BCUT2D eigenvalue weighted by molar-refractivity contribution is 0.0335. The van der Waals surface area contributed by atoms with Crippen molar-refractivity contribution >= 4 is 0 Å². The van der Waals surface area contributed by atoms with Crippen LogP contribution in [0.2, 0.25) is 0 Å². The van der Waals surface area contributed by atoms with E-state index in [9.17, 15) is 4.39 Å². The van der Waals surface area contributed by atoms with Crippen LogP contribution in [-0.2, 0) is 0 Å². The lowest BCUT2D eigenvalue weighted by Gasteiger charge is -2.39. The SMILES string of the molecule is CC1CN(C(C)C)CC(C)C1F. The van der Waals surface area contributed by atoms with E-state index in [4.69, 9.17) is 0 Å². The van der Waals surface area contributed by atoms with Crippen molar-refractivity contribution in [3.8, 4) is 0 Å². The van der Waals surface area contributed by atoms with Crippen molar-refractivity contribution in [3.05, 3.63) is 0 Å². The first-order valence-electron chi connectivity index (χ1n) is 4.90. The third-order valence-electron chi connectivity index (χ3n) is 2.86. The first-order chi connectivity index (χ1) is 5.52. The number of rotatable bonds is 1. The molecule has 0 radical (unpaired) electrons. The molecule has 2 heteroatoms. The highest BCUT2D eigenvalue weighted by Gasteiger charge is 2.32. The molecule has 1 aliphatic heterocycles. The molecule has 2 unspecified atom stereocenters. The van der Waals surface area contributed by atoms with Crippen LogP contribution in [0.25, 0.3) is 0 Å². The molecule has 0 saturated carbocycles. The molecular formula is C10H20FN. The summed E-state index contributed by atoms with van der Waals surface area (Å²) in [5, 5.41) is 0. The molecule has 1 heterocycles. The van der Waals surface area contributed by atoms with Gasteiger partial charge in [0.05, 0.1) is 0 Å². The summed E-state index contributed by atoms with van der Waals surface area (Å²) >= 11 is 0. The average Bonchev–Trinajstić information content (AvgIpc) is 1.99. The van der Waals surface area contributed by atoms with Crippen molar-refractivity contribution < 1.29 is 4.39 Å². The van der Waals surface area contributed by atoms with E-state index in [0.29, 0.717) is 6.04 Å². The van der Waals surface area contributed by atoms with Crippen LogP contribution in [0.3, 0.4) is 0 Å². The molecule has 1 aliphatic rings. The monoisotopic (exact) mass is 173 g/mol. The van der Waals surface area contributed by atoms with Gasteiger partial charge < -0.3 is 4.90 Å². The minimum absolute atomic E-state index is 0.205. The van der Waals surface area contributed by atoms with Gasteiger partial charge in [-0.1, -0.05) is 13.8 Å². The Morgan fingerprint density at radius 3 is 1.92 bits per heavy atom. The molecule has 0 aliphatic carbocycles. The summed E-state index contributed by atoms with van der Waals surface area (Å²) in [5.41, 5.74) is 0. The van der Waals surface area contributed by atoms with Gasteiger partial charge in [0.1, 0.15) is 6.17 Å². The van der Waals surface area contributed by atoms with Crippen molar-refractivity contribution in [2.75, 3.05) is 13.1 Å². The van der Waals surface area contributed by atoms with Crippen LogP contribution in [-0.4, -0.2) is 30.2 Å². The smallest absolute Gasteiger partial charge is 0.108 e. The van der Waals surface area contributed by atoms with Crippen molar-refractivity contribution in [2.45, 2.75) is 39.9 Å². The third kappa shape index (κ3) is 1.98. The van der Waals surface area contributed by atoms with Gasteiger partial charge in [0.2, 0.25) is 0 Å². The van der Waals surface area contributed by atoms with Gasteiger partial charge in [-0.2, -0.15) is 0 Å². The Bertz CT molecular complexity index is 135. The minimum Gasteiger partial charge on any atom is -0.300 e. The molecular weight excluding hydrogens is 153 g/mol. The lowest BCUT2D eigenvalue weighted by Crippen LogP contribution is -2.48. The van der Waals surface area contributed by atoms with E-state index in [1.165, 1.54) is 0 Å². The van der Waals surface area contributed by atoms with E-state index in [1.54, 1.807) is 0 Å². The molecule has 1 nitrogen and oxygen atoms in total. The zero-order chi connectivity index (χ0) is 9.30. The molecule has 72 valence electrons. The van der Waals surface area contributed by atoms with Crippen LogP contribution < -0.4 is 0 Å². The van der Waals surface area contributed by atoms with Crippen molar-refractivity contribution in [1.29, 1.82) is 0 Å². The summed E-state index contributed by atoms with van der Waals surface area (Å²) in [5.74, 6) is 0.410. The first-order valence-corrected chi connectivity index (χ1v) is 4.90. The number of alkyl halides is 1. The summed E-state index contributed by atoms with van der Waals surface area (Å²) in [7, 11) is 0. The highest BCUT2D eigenvalue weighted by atomic mass is 19.1. The largest absolute Gasteiger partial charge is 0.300 e. The molecule has 1 saturated heterocycles. The Kier molecular flexibility index (Phi) is 3.10. The fraction of sp³-hybridized carbons (Fsp3) is 1.00. The van der Waals surface area contributed by atoms with E-state index in [1.807, 2.05) is 13.8 Å². The molecule has 1 rings (SSSR count). The van der Waals surface area contributed by atoms with Gasteiger partial charge in [-0.15, -0.1) is 0 Å². The lowest BCUT2D eigenvalue weighted by atomic mass is 9.89. The second-order valence-electron chi connectivity index (χ2n) is 4.45. The summed E-state index contributed by atoms with van der Waals surface area (Å²) in [4.78, 5) is 2.37. The Labute approximate surface area is 74.9 Å². The van der Waals surface area contributed by atoms with E-state index in [-0.39, 0.29) is 11.8 Å². The zero-order valence-electron chi connectivity index (χ0n) is 8.55. The fourth-order valence-electron chi connectivity index (χ4n) is 2.00. The number of nitrogens with zero attached hydrogens (tertiary/aromatic N) is 1. The molecule has 0 spiro atoms. The van der Waals surface area contributed by atoms with Crippen molar-refractivity contribution in [3.63, 3.8) is 0 Å². The van der Waals surface area contributed by atoms with Crippen LogP contribution in [0.1, 0.15) is 27.7 Å². The number of hydrogen-bond acceptors (Lipinski definition) is 1. The summed E-state index contributed by atoms with van der Waals surface area (Å²) in [6, 6.07) is 0.558. The predicted molar refractivity (Wildman–Crippen MR) is 49.9 cm³/mol. The Morgan fingerprint density at radius 1 is 1.17 bits per heavy atom. The Morgan fingerprint density at radius 2 is 1.58 bits per heavy atom. The van der Waals surface area contributed by atoms with E-state index in [0.717, 1.165) is 13.1 Å². The topological polar surface area (TPSA) is 3.24 Å². The maximum Gasteiger partial charge on any atom is 0.108 e. The maximum absolute atomic E-state index is 13.4. The van der Waals surface area contributed by atoms with E-state index in [2.05, 4.69) is 18.7 Å². The Hall–Kier alpha value is -0.110. The molecule has 0 aromatic heterocycles. The van der Waals surface area contributed by atoms with Crippen molar-refractivity contribution in [1.82, 2.24) is 4.90 Å². The molecule has 0 aromatic rings. The molecule has 0 aromatic carbocycles. The van der Waals surface area contributed by atoms with Crippen LogP contribution in [0.4, 0.5) is 4.39 Å². The van der Waals surface area contributed by atoms with Crippen LogP contribution in [0.5, 0.6) is 0 Å². The summed E-state index contributed by atoms with van der Waals surface area (Å²) in [6.07, 6.45) is -0.597. The second-order valence-corrected chi connectivity index (χ2v) is 4.45. The third-order valence-corrected chi connectivity index (χ3v) is 2.86. The molecule has 0 N–H and O–H groups in total. The normalized spacial score (nSPS) is 39.0. The molecule has 1 fully saturated rings. The van der Waals surface area contributed by atoms with Gasteiger partial charge in [-0.25, -0.2) is 4.39 Å². The van der Waals surface area contributed by atoms with Gasteiger partial charge in [0.25, 0.3) is 0 Å². The maximum atomic E-state index is 13.4. The highest BCUT2D eigenvalue weighted by Crippen LogP contribution is 2.25. The number of likely N-dealkylation sites (tertiary alicyclic amines) is 1. The van der Waals surface area contributed by atoms with E-state index < -0.39 is 6.17 Å². The molecule has 12 heavy (non-hydrogen) atoms. The first kappa shape index (κ1) is 9.97. The standard InChI is InChI=1S/C10H20FN/c1-7(2)12-5-8(3)10(11)9(4)6-12/h7-10H,5-6H2,1-4H3. The van der Waals surface area contributed by atoms with Crippen LogP contribution in [0.15, 0.2) is 0 Å². The molecule has 0 bridgehead atoms. The number of halogens is 1. The predicted octanol–water partition coefficient (Wildman–Crippen LogP) is 2.32. The number of hydrogen-bond donors (Lipinski definition) is 0. The average molecular weight is 173 g/mol. The van der Waals surface area contributed by atoms with Crippen LogP contribution in [0, 0.1) is 11.8 Å². The summed E-state index contributed by atoms with van der Waals surface area (Å²) in [6.45, 7) is 10.2. The number of piperidine rings is 1. The summed E-state index contributed by atoms with van der Waals surface area (Å²) < 4.78 is 13.4. The Balaban J connectivity index is 2.53. The highest BCUT2D eigenvalue weighted by molar-refractivity contribution is 4.83. The van der Waals surface area contributed by atoms with Crippen molar-refractivity contribution in [2.24, 2.45) is 11.8 Å². The quantitative estimate of drug-likeness (QED) is 0.588. The van der Waals surface area contributed by atoms with Gasteiger partial charge in [-0.3, -0.25) is 0 Å². The van der Waals surface area contributed by atoms with E-state index >= 15 is 0 Å². The van der Waals surface area contributed by atoms with Gasteiger partial charge in [0, 0.05) is 31.0 Å². The fourth-order valence-corrected chi connectivity index (χ4v) is 2.00. The van der Waals surface area contributed by atoms with Gasteiger partial charge >= 0.3 is 0 Å². The second kappa shape index (κ2) is 3.73. The molecule has 2 atom stereocenters. The van der Waals surface area contributed by atoms with Gasteiger partial charge in [0.15, 0.2) is 0 Å². The van der Waals surface area contributed by atoms with Gasteiger partial charge in [-0.05, 0) is 13.8 Å². The minimum atomic E-state index is -0.597. The van der Waals surface area contributed by atoms with Crippen LogP contribution >= 0.6 is 0 Å². The molecule has 0 amide bonds. The zero-order valence-corrected chi connectivity index (χ0v) is 8.55.